The fraction of sp³-hybridized carbons (Fsp3) is 0.455. The first kappa shape index (κ1) is 10.4. The van der Waals surface area contributed by atoms with Crippen LogP contribution >= 0.6 is 7.80 Å². The summed E-state index contributed by atoms with van der Waals surface area (Å²) in [5, 5.41) is 0.965. The molecular formula is C11H16OP+. The molecule has 1 rings (SSSR count). The van der Waals surface area contributed by atoms with Crippen LogP contribution in [0.2, 0.25) is 0 Å². The van der Waals surface area contributed by atoms with Gasteiger partial charge >= 0.3 is 7.80 Å². The minimum atomic E-state index is -1.21. The Morgan fingerprint density at radius 3 is 2.15 bits per heavy atom. The molecule has 1 aromatic rings. The molecule has 0 saturated carbocycles. The normalized spacial score (nSPS) is 12.7. The van der Waals surface area contributed by atoms with Gasteiger partial charge in [-0.25, -0.2) is 0 Å². The summed E-state index contributed by atoms with van der Waals surface area (Å²) in [6, 6.07) is 9.69. The van der Waals surface area contributed by atoms with Gasteiger partial charge in [0.05, 0.1) is 0 Å². The van der Waals surface area contributed by atoms with Crippen LogP contribution in [0.25, 0.3) is 0 Å². The maximum Gasteiger partial charge on any atom is 0.377 e. The second kappa shape index (κ2) is 4.02. The maximum absolute atomic E-state index is 11.8. The summed E-state index contributed by atoms with van der Waals surface area (Å²) in [6.45, 7) is 6.34. The third kappa shape index (κ3) is 3.69. The average Bonchev–Trinajstić information content (AvgIpc) is 2.03. The van der Waals surface area contributed by atoms with E-state index in [0.717, 1.165) is 11.5 Å². The molecule has 0 aliphatic rings. The number of hydrogen-bond donors (Lipinski definition) is 0. The Balaban J connectivity index is 2.71. The van der Waals surface area contributed by atoms with E-state index in [1.54, 1.807) is 0 Å². The van der Waals surface area contributed by atoms with Crippen LogP contribution in [0.4, 0.5) is 0 Å². The van der Waals surface area contributed by atoms with Crippen molar-refractivity contribution in [2.24, 2.45) is 5.41 Å². The van der Waals surface area contributed by atoms with E-state index in [0.29, 0.717) is 0 Å². The molecule has 0 aromatic heterocycles. The first-order valence-corrected chi connectivity index (χ1v) is 5.93. The Labute approximate surface area is 81.0 Å². The monoisotopic (exact) mass is 195 g/mol. The quantitative estimate of drug-likeness (QED) is 0.662. The summed E-state index contributed by atoms with van der Waals surface area (Å²) in [7, 11) is -1.21. The van der Waals surface area contributed by atoms with Gasteiger partial charge in [-0.3, -0.25) is 0 Å². The van der Waals surface area contributed by atoms with Crippen LogP contribution in [-0.4, -0.2) is 6.16 Å². The fourth-order valence-electron chi connectivity index (χ4n) is 1.12. The highest BCUT2D eigenvalue weighted by molar-refractivity contribution is 7.53. The summed E-state index contributed by atoms with van der Waals surface area (Å²) < 4.78 is 11.8. The lowest BCUT2D eigenvalue weighted by Gasteiger charge is -2.09. The van der Waals surface area contributed by atoms with Crippen LogP contribution in [-0.2, 0) is 4.57 Å². The van der Waals surface area contributed by atoms with Crippen LogP contribution in [0.1, 0.15) is 20.8 Å². The van der Waals surface area contributed by atoms with E-state index in [-0.39, 0.29) is 5.41 Å². The second-order valence-corrected chi connectivity index (χ2v) is 6.02. The molecule has 1 atom stereocenters. The molecule has 0 fully saturated rings. The van der Waals surface area contributed by atoms with Crippen molar-refractivity contribution < 1.29 is 4.57 Å². The Morgan fingerprint density at radius 2 is 1.69 bits per heavy atom. The summed E-state index contributed by atoms with van der Waals surface area (Å²) >= 11 is 0. The van der Waals surface area contributed by atoms with Gasteiger partial charge in [-0.2, -0.15) is 0 Å². The highest BCUT2D eigenvalue weighted by atomic mass is 31.1. The molecule has 13 heavy (non-hydrogen) atoms. The Kier molecular flexibility index (Phi) is 3.22. The third-order valence-corrected chi connectivity index (χ3v) is 3.77. The smallest absolute Gasteiger partial charge is 0.0681 e. The molecule has 0 aliphatic heterocycles. The highest BCUT2D eigenvalue weighted by Crippen LogP contribution is 2.29. The van der Waals surface area contributed by atoms with Crippen LogP contribution in [0, 0.1) is 5.41 Å². The first-order chi connectivity index (χ1) is 5.99. The lowest BCUT2D eigenvalue weighted by molar-refractivity contribution is 0.468. The molecule has 0 spiro atoms. The van der Waals surface area contributed by atoms with E-state index < -0.39 is 7.80 Å². The van der Waals surface area contributed by atoms with Crippen molar-refractivity contribution in [3.8, 4) is 0 Å². The zero-order valence-electron chi connectivity index (χ0n) is 8.45. The van der Waals surface area contributed by atoms with Gasteiger partial charge in [-0.1, -0.05) is 43.5 Å². The van der Waals surface area contributed by atoms with Crippen LogP contribution in [0.3, 0.4) is 0 Å². The zero-order chi connectivity index (χ0) is 9.90. The summed E-state index contributed by atoms with van der Waals surface area (Å²) in [6.07, 6.45) is 0.756. The van der Waals surface area contributed by atoms with Gasteiger partial charge in [-0.05, 0) is 12.1 Å². The summed E-state index contributed by atoms with van der Waals surface area (Å²) in [5.41, 5.74) is 0.142. The molecule has 1 unspecified atom stereocenters. The predicted molar refractivity (Wildman–Crippen MR) is 58.0 cm³/mol. The average molecular weight is 195 g/mol. The molecule has 0 radical (unpaired) electrons. The van der Waals surface area contributed by atoms with E-state index in [9.17, 15) is 4.57 Å². The standard InChI is InChI=1S/C11H16OP/c1-11(2,3)9-13(12)10-7-5-4-6-8-10/h4-8H,9H2,1-3H3/q+1. The molecule has 0 aliphatic carbocycles. The van der Waals surface area contributed by atoms with Gasteiger partial charge in [-0.15, -0.1) is 0 Å². The van der Waals surface area contributed by atoms with E-state index in [1.165, 1.54) is 0 Å². The molecule has 70 valence electrons. The van der Waals surface area contributed by atoms with Gasteiger partial charge < -0.3 is 0 Å². The minimum absolute atomic E-state index is 0.142. The molecule has 0 amide bonds. The second-order valence-electron chi connectivity index (χ2n) is 4.43. The number of benzene rings is 1. The zero-order valence-corrected chi connectivity index (χ0v) is 9.34. The predicted octanol–water partition coefficient (Wildman–Crippen LogP) is 3.19. The largest absolute Gasteiger partial charge is 0.377 e. The van der Waals surface area contributed by atoms with Crippen molar-refractivity contribution in [3.05, 3.63) is 30.3 Å². The molecule has 0 bridgehead atoms. The van der Waals surface area contributed by atoms with E-state index >= 15 is 0 Å². The molecule has 2 heteroatoms. The van der Waals surface area contributed by atoms with Crippen molar-refractivity contribution in [3.63, 3.8) is 0 Å². The van der Waals surface area contributed by atoms with Crippen molar-refractivity contribution >= 4 is 13.1 Å². The van der Waals surface area contributed by atoms with Gasteiger partial charge in [0.15, 0.2) is 11.5 Å². The van der Waals surface area contributed by atoms with Crippen LogP contribution in [0.5, 0.6) is 0 Å². The topological polar surface area (TPSA) is 17.1 Å². The van der Waals surface area contributed by atoms with Crippen molar-refractivity contribution in [1.82, 2.24) is 0 Å². The summed E-state index contributed by atoms with van der Waals surface area (Å²) in [4.78, 5) is 0. The van der Waals surface area contributed by atoms with Gasteiger partial charge in [0.25, 0.3) is 0 Å². The Morgan fingerprint density at radius 1 is 1.15 bits per heavy atom. The molecule has 0 N–H and O–H groups in total. The van der Waals surface area contributed by atoms with Crippen molar-refractivity contribution in [2.75, 3.05) is 6.16 Å². The molecular weight excluding hydrogens is 179 g/mol. The first-order valence-electron chi connectivity index (χ1n) is 4.49. The van der Waals surface area contributed by atoms with Gasteiger partial charge in [0.1, 0.15) is 0 Å². The third-order valence-electron chi connectivity index (χ3n) is 1.66. The van der Waals surface area contributed by atoms with Crippen LogP contribution < -0.4 is 5.30 Å². The molecule has 0 saturated heterocycles. The molecule has 0 heterocycles. The molecule has 1 aromatic carbocycles. The lowest BCUT2D eigenvalue weighted by atomic mass is 10.0. The Hall–Kier alpha value is -0.680. The fourth-order valence-corrected chi connectivity index (χ4v) is 2.67. The van der Waals surface area contributed by atoms with Crippen molar-refractivity contribution in [1.29, 1.82) is 0 Å². The van der Waals surface area contributed by atoms with Crippen molar-refractivity contribution in [2.45, 2.75) is 20.8 Å². The number of rotatable bonds is 2. The lowest BCUT2D eigenvalue weighted by Crippen LogP contribution is -2.11. The SMILES string of the molecule is CC(C)(C)C[P+](=O)c1ccccc1. The van der Waals surface area contributed by atoms with E-state index in [2.05, 4.69) is 20.8 Å². The maximum atomic E-state index is 11.8. The summed E-state index contributed by atoms with van der Waals surface area (Å²) in [5.74, 6) is 0. The highest BCUT2D eigenvalue weighted by Gasteiger charge is 2.27. The van der Waals surface area contributed by atoms with Gasteiger partial charge in [0.2, 0.25) is 0 Å². The Bertz CT molecular complexity index is 285. The van der Waals surface area contributed by atoms with E-state index in [1.807, 2.05) is 30.3 Å². The number of hydrogen-bond acceptors (Lipinski definition) is 1. The van der Waals surface area contributed by atoms with Crippen LogP contribution in [0.15, 0.2) is 30.3 Å². The van der Waals surface area contributed by atoms with Gasteiger partial charge in [0, 0.05) is 5.41 Å². The minimum Gasteiger partial charge on any atom is -0.0681 e. The van der Waals surface area contributed by atoms with E-state index in [4.69, 9.17) is 0 Å². The molecule has 1 nitrogen and oxygen atoms in total.